The molecule has 0 aliphatic rings. The SMILES string of the molecule is Cc1ccc(CNC(=O)c2ccccc2NCc2nc(C)no2)cc1. The van der Waals surface area contributed by atoms with Gasteiger partial charge in [0.2, 0.25) is 5.89 Å². The molecular weight excluding hydrogens is 316 g/mol. The lowest BCUT2D eigenvalue weighted by Crippen LogP contribution is -2.24. The number of aryl methyl sites for hydroxylation is 2. The molecule has 6 heteroatoms. The third-order valence-electron chi connectivity index (χ3n) is 3.75. The molecule has 0 saturated carbocycles. The van der Waals surface area contributed by atoms with Crippen LogP contribution >= 0.6 is 0 Å². The summed E-state index contributed by atoms with van der Waals surface area (Å²) < 4.78 is 5.08. The molecule has 0 aliphatic carbocycles. The van der Waals surface area contributed by atoms with Crippen molar-refractivity contribution in [2.45, 2.75) is 26.9 Å². The van der Waals surface area contributed by atoms with E-state index in [2.05, 4.69) is 20.8 Å². The van der Waals surface area contributed by atoms with Crippen molar-refractivity contribution >= 4 is 11.6 Å². The van der Waals surface area contributed by atoms with Gasteiger partial charge < -0.3 is 15.2 Å². The van der Waals surface area contributed by atoms with Crippen LogP contribution in [0.25, 0.3) is 0 Å². The Labute approximate surface area is 146 Å². The van der Waals surface area contributed by atoms with E-state index in [9.17, 15) is 4.79 Å². The van der Waals surface area contributed by atoms with Crippen LogP contribution in [0.15, 0.2) is 53.1 Å². The minimum absolute atomic E-state index is 0.134. The second-order valence-corrected chi connectivity index (χ2v) is 5.80. The second-order valence-electron chi connectivity index (χ2n) is 5.80. The van der Waals surface area contributed by atoms with Crippen molar-refractivity contribution in [1.82, 2.24) is 15.5 Å². The third-order valence-corrected chi connectivity index (χ3v) is 3.75. The summed E-state index contributed by atoms with van der Waals surface area (Å²) in [6.45, 7) is 4.65. The van der Waals surface area contributed by atoms with Crippen LogP contribution in [0.2, 0.25) is 0 Å². The smallest absolute Gasteiger partial charge is 0.253 e. The van der Waals surface area contributed by atoms with Gasteiger partial charge in [-0.1, -0.05) is 47.1 Å². The molecule has 0 aliphatic heterocycles. The van der Waals surface area contributed by atoms with Crippen LogP contribution < -0.4 is 10.6 Å². The predicted molar refractivity (Wildman–Crippen MR) is 95.2 cm³/mol. The standard InChI is InChI=1S/C19H20N4O2/c1-13-7-9-15(10-8-13)11-21-19(24)16-5-3-4-6-17(16)20-12-18-22-14(2)23-25-18/h3-10,20H,11-12H2,1-2H3,(H,21,24). The first kappa shape index (κ1) is 16.7. The van der Waals surface area contributed by atoms with Crippen molar-refractivity contribution in [1.29, 1.82) is 0 Å². The van der Waals surface area contributed by atoms with Gasteiger partial charge in [-0.2, -0.15) is 4.98 Å². The lowest BCUT2D eigenvalue weighted by molar-refractivity contribution is 0.0951. The molecule has 0 unspecified atom stereocenters. The first-order valence-corrected chi connectivity index (χ1v) is 8.07. The van der Waals surface area contributed by atoms with Crippen LogP contribution in [0.1, 0.15) is 33.2 Å². The maximum Gasteiger partial charge on any atom is 0.253 e. The van der Waals surface area contributed by atoms with E-state index in [1.165, 1.54) is 5.56 Å². The fourth-order valence-corrected chi connectivity index (χ4v) is 2.40. The summed E-state index contributed by atoms with van der Waals surface area (Å²) in [5.41, 5.74) is 3.55. The maximum atomic E-state index is 12.5. The summed E-state index contributed by atoms with van der Waals surface area (Å²) in [6, 6.07) is 15.4. The fraction of sp³-hybridized carbons (Fsp3) is 0.211. The van der Waals surface area contributed by atoms with Crippen LogP contribution in [-0.2, 0) is 13.1 Å². The van der Waals surface area contributed by atoms with E-state index in [-0.39, 0.29) is 5.91 Å². The highest BCUT2D eigenvalue weighted by Gasteiger charge is 2.11. The Kier molecular flexibility index (Phi) is 5.09. The number of benzene rings is 2. The summed E-state index contributed by atoms with van der Waals surface area (Å²) >= 11 is 0. The molecule has 1 heterocycles. The Balaban J connectivity index is 1.64. The Morgan fingerprint density at radius 1 is 1.04 bits per heavy atom. The molecule has 0 spiro atoms. The first-order chi connectivity index (χ1) is 12.1. The molecule has 25 heavy (non-hydrogen) atoms. The number of para-hydroxylation sites is 1. The van der Waals surface area contributed by atoms with Crippen LogP contribution in [0.5, 0.6) is 0 Å². The lowest BCUT2D eigenvalue weighted by Gasteiger charge is -2.11. The van der Waals surface area contributed by atoms with Gasteiger partial charge in [0.25, 0.3) is 5.91 Å². The topological polar surface area (TPSA) is 80.0 Å². The van der Waals surface area contributed by atoms with Gasteiger partial charge in [0, 0.05) is 12.2 Å². The van der Waals surface area contributed by atoms with Gasteiger partial charge >= 0.3 is 0 Å². The van der Waals surface area contributed by atoms with Crippen molar-refractivity contribution < 1.29 is 9.32 Å². The van der Waals surface area contributed by atoms with Crippen molar-refractivity contribution in [2.24, 2.45) is 0 Å². The molecule has 128 valence electrons. The van der Waals surface area contributed by atoms with Gasteiger partial charge in [0.15, 0.2) is 5.82 Å². The third kappa shape index (κ3) is 4.44. The molecular formula is C19H20N4O2. The van der Waals surface area contributed by atoms with Crippen molar-refractivity contribution in [2.75, 3.05) is 5.32 Å². The van der Waals surface area contributed by atoms with E-state index in [1.807, 2.05) is 49.4 Å². The summed E-state index contributed by atoms with van der Waals surface area (Å²) in [5.74, 6) is 0.929. The van der Waals surface area contributed by atoms with E-state index in [1.54, 1.807) is 13.0 Å². The summed E-state index contributed by atoms with van der Waals surface area (Å²) in [5, 5.41) is 9.87. The fourth-order valence-electron chi connectivity index (χ4n) is 2.40. The van der Waals surface area contributed by atoms with Gasteiger partial charge in [-0.15, -0.1) is 0 Å². The quantitative estimate of drug-likeness (QED) is 0.722. The zero-order chi connectivity index (χ0) is 17.6. The van der Waals surface area contributed by atoms with E-state index in [0.717, 1.165) is 11.3 Å². The molecule has 2 N–H and O–H groups in total. The number of anilines is 1. The summed E-state index contributed by atoms with van der Waals surface area (Å²) in [4.78, 5) is 16.7. The largest absolute Gasteiger partial charge is 0.375 e. The average molecular weight is 336 g/mol. The van der Waals surface area contributed by atoms with Crippen LogP contribution in [0.4, 0.5) is 5.69 Å². The van der Waals surface area contributed by atoms with Crippen molar-refractivity contribution in [3.63, 3.8) is 0 Å². The van der Waals surface area contributed by atoms with Gasteiger partial charge in [-0.25, -0.2) is 0 Å². The molecule has 6 nitrogen and oxygen atoms in total. The Morgan fingerprint density at radius 2 is 1.80 bits per heavy atom. The zero-order valence-corrected chi connectivity index (χ0v) is 14.2. The highest BCUT2D eigenvalue weighted by Crippen LogP contribution is 2.16. The molecule has 0 fully saturated rings. The number of carbonyl (C=O) groups excluding carboxylic acids is 1. The van der Waals surface area contributed by atoms with Gasteiger partial charge in [0.05, 0.1) is 12.1 Å². The minimum Gasteiger partial charge on any atom is -0.375 e. The lowest BCUT2D eigenvalue weighted by atomic mass is 10.1. The molecule has 0 radical (unpaired) electrons. The van der Waals surface area contributed by atoms with Crippen LogP contribution in [0, 0.1) is 13.8 Å². The maximum absolute atomic E-state index is 12.5. The summed E-state index contributed by atoms with van der Waals surface area (Å²) in [7, 11) is 0. The Bertz CT molecular complexity index is 856. The number of nitrogens with zero attached hydrogens (tertiary/aromatic N) is 2. The first-order valence-electron chi connectivity index (χ1n) is 8.07. The molecule has 1 aromatic heterocycles. The van der Waals surface area contributed by atoms with E-state index in [4.69, 9.17) is 4.52 Å². The molecule has 1 amide bonds. The van der Waals surface area contributed by atoms with E-state index < -0.39 is 0 Å². The molecule has 0 saturated heterocycles. The summed E-state index contributed by atoms with van der Waals surface area (Å²) in [6.07, 6.45) is 0. The number of nitrogens with one attached hydrogen (secondary N) is 2. The van der Waals surface area contributed by atoms with E-state index in [0.29, 0.717) is 30.4 Å². The minimum atomic E-state index is -0.134. The molecule has 3 rings (SSSR count). The van der Waals surface area contributed by atoms with Crippen LogP contribution in [0.3, 0.4) is 0 Å². The van der Waals surface area contributed by atoms with Crippen molar-refractivity contribution in [3.8, 4) is 0 Å². The Hall–Kier alpha value is -3.15. The highest BCUT2D eigenvalue weighted by molar-refractivity contribution is 5.99. The van der Waals surface area contributed by atoms with Crippen molar-refractivity contribution in [3.05, 3.63) is 76.9 Å². The molecule has 3 aromatic rings. The number of aromatic nitrogens is 2. The number of hydrogen-bond acceptors (Lipinski definition) is 5. The Morgan fingerprint density at radius 3 is 2.52 bits per heavy atom. The monoisotopic (exact) mass is 336 g/mol. The van der Waals surface area contributed by atoms with Gasteiger partial charge in [-0.05, 0) is 31.5 Å². The number of rotatable bonds is 6. The molecule has 0 bridgehead atoms. The molecule has 0 atom stereocenters. The number of amides is 1. The molecule has 2 aromatic carbocycles. The van der Waals surface area contributed by atoms with Crippen LogP contribution in [-0.4, -0.2) is 16.0 Å². The predicted octanol–water partition coefficient (Wildman–Crippen LogP) is 3.23. The second kappa shape index (κ2) is 7.61. The highest BCUT2D eigenvalue weighted by atomic mass is 16.5. The van der Waals surface area contributed by atoms with Gasteiger partial charge in [-0.3, -0.25) is 4.79 Å². The normalized spacial score (nSPS) is 10.5. The van der Waals surface area contributed by atoms with Gasteiger partial charge in [0.1, 0.15) is 0 Å². The van der Waals surface area contributed by atoms with E-state index >= 15 is 0 Å². The number of carbonyl (C=O) groups is 1. The number of hydrogen-bond donors (Lipinski definition) is 2. The zero-order valence-electron chi connectivity index (χ0n) is 14.2. The average Bonchev–Trinajstić information content (AvgIpc) is 3.05.